The highest BCUT2D eigenvalue weighted by molar-refractivity contribution is 5.93. The number of aryl methyl sites for hydroxylation is 1. The van der Waals surface area contributed by atoms with Crippen molar-refractivity contribution in [2.45, 2.75) is 50.2 Å². The smallest absolute Gasteiger partial charge is 0.270 e. The summed E-state index contributed by atoms with van der Waals surface area (Å²) in [7, 11) is 3.56. The highest BCUT2D eigenvalue weighted by Gasteiger charge is 2.28. The Bertz CT molecular complexity index is 881. The fourth-order valence-corrected chi connectivity index (χ4v) is 4.25. The Kier molecular flexibility index (Phi) is 7.26. The van der Waals surface area contributed by atoms with Crippen molar-refractivity contribution < 1.29 is 19.0 Å². The summed E-state index contributed by atoms with van der Waals surface area (Å²) < 4.78 is 18.2. The molecular weight excluding hydrogens is 398 g/mol. The molecule has 0 aromatic carbocycles. The van der Waals surface area contributed by atoms with Crippen LogP contribution in [0.3, 0.4) is 0 Å². The van der Waals surface area contributed by atoms with Crippen LogP contribution in [0.5, 0.6) is 0 Å². The van der Waals surface area contributed by atoms with Gasteiger partial charge in [0, 0.05) is 45.0 Å². The van der Waals surface area contributed by atoms with Gasteiger partial charge in [0.25, 0.3) is 5.91 Å². The number of nitrogens with zero attached hydrogens (tertiary/aromatic N) is 4. The number of imidazole rings is 1. The van der Waals surface area contributed by atoms with Gasteiger partial charge in [-0.25, -0.2) is 15.0 Å². The molecule has 0 unspecified atom stereocenters. The van der Waals surface area contributed by atoms with Crippen LogP contribution in [0.4, 0.5) is 0 Å². The number of ether oxygens (including phenoxy) is 3. The number of carbonyl (C=O) groups excluding carboxylic acids is 1. The molecule has 0 spiro atoms. The molecule has 168 valence electrons. The summed E-state index contributed by atoms with van der Waals surface area (Å²) in [5.74, 6) is 0.628. The molecular formula is C22H31N5O4. The zero-order valence-corrected chi connectivity index (χ0v) is 18.2. The lowest BCUT2D eigenvalue weighted by atomic mass is 9.95. The van der Waals surface area contributed by atoms with Gasteiger partial charge in [-0.2, -0.15) is 0 Å². The van der Waals surface area contributed by atoms with Crippen LogP contribution in [0.25, 0.3) is 11.5 Å². The Labute approximate surface area is 182 Å². The summed E-state index contributed by atoms with van der Waals surface area (Å²) in [6.07, 6.45) is 8.03. The van der Waals surface area contributed by atoms with Gasteiger partial charge in [-0.15, -0.1) is 0 Å². The standard InChI is InChI=1S/C22H31N5O4/c1-27-14-23-13-20(27)21-25-18(15-5-7-30-8-6-15)12-19(26-21)22(28)24-16-3-4-17(11-16)31-10-9-29-2/h12-17H,3-11H2,1-2H3,(H,24,28)/t16-,17-/m0/s1. The molecule has 1 amide bonds. The third-order valence-corrected chi connectivity index (χ3v) is 6.02. The van der Waals surface area contributed by atoms with Gasteiger partial charge in [0.15, 0.2) is 5.82 Å². The fourth-order valence-electron chi connectivity index (χ4n) is 4.25. The van der Waals surface area contributed by atoms with Crippen molar-refractivity contribution in [1.29, 1.82) is 0 Å². The number of rotatable bonds is 8. The Morgan fingerprint density at radius 2 is 2.06 bits per heavy atom. The molecule has 0 radical (unpaired) electrons. The Hall–Kier alpha value is -2.36. The van der Waals surface area contributed by atoms with Crippen LogP contribution in [-0.2, 0) is 21.3 Å². The van der Waals surface area contributed by atoms with Crippen LogP contribution < -0.4 is 5.32 Å². The average molecular weight is 430 g/mol. The Morgan fingerprint density at radius 1 is 1.23 bits per heavy atom. The molecule has 0 bridgehead atoms. The molecule has 2 aliphatic rings. The molecule has 1 aliphatic heterocycles. The van der Waals surface area contributed by atoms with Crippen LogP contribution in [-0.4, -0.2) is 71.1 Å². The molecule has 3 heterocycles. The maximum Gasteiger partial charge on any atom is 0.270 e. The maximum atomic E-state index is 13.1. The van der Waals surface area contributed by atoms with E-state index in [4.69, 9.17) is 19.2 Å². The first-order valence-corrected chi connectivity index (χ1v) is 11.0. The van der Waals surface area contributed by atoms with Crippen LogP contribution >= 0.6 is 0 Å². The Balaban J connectivity index is 1.50. The fraction of sp³-hybridized carbons (Fsp3) is 0.636. The van der Waals surface area contributed by atoms with E-state index in [0.29, 0.717) is 37.9 Å². The summed E-state index contributed by atoms with van der Waals surface area (Å²) in [6.45, 7) is 2.59. The van der Waals surface area contributed by atoms with Crippen LogP contribution in [0.15, 0.2) is 18.6 Å². The topological polar surface area (TPSA) is 100 Å². The predicted octanol–water partition coefficient (Wildman–Crippen LogP) is 2.08. The molecule has 2 aromatic heterocycles. The number of aromatic nitrogens is 4. The first-order chi connectivity index (χ1) is 15.1. The zero-order valence-electron chi connectivity index (χ0n) is 18.2. The summed E-state index contributed by atoms with van der Waals surface area (Å²) in [4.78, 5) is 26.7. The number of hydrogen-bond acceptors (Lipinski definition) is 7. The molecule has 4 rings (SSSR count). The lowest BCUT2D eigenvalue weighted by molar-refractivity contribution is 0.0200. The van der Waals surface area contributed by atoms with Gasteiger partial charge in [-0.3, -0.25) is 4.79 Å². The Morgan fingerprint density at radius 3 is 2.81 bits per heavy atom. The minimum absolute atomic E-state index is 0.0849. The molecule has 1 saturated carbocycles. The van der Waals surface area contributed by atoms with Gasteiger partial charge in [-0.05, 0) is 38.2 Å². The van der Waals surface area contributed by atoms with Crippen LogP contribution in [0.2, 0.25) is 0 Å². The van der Waals surface area contributed by atoms with Gasteiger partial charge in [0.05, 0.1) is 31.8 Å². The van der Waals surface area contributed by atoms with Crippen molar-refractivity contribution in [1.82, 2.24) is 24.8 Å². The van der Waals surface area contributed by atoms with E-state index in [-0.39, 0.29) is 24.0 Å². The summed E-state index contributed by atoms with van der Waals surface area (Å²) in [5, 5.41) is 3.15. The summed E-state index contributed by atoms with van der Waals surface area (Å²) >= 11 is 0. The van der Waals surface area contributed by atoms with Crippen molar-refractivity contribution in [3.63, 3.8) is 0 Å². The third kappa shape index (κ3) is 5.47. The van der Waals surface area contributed by atoms with Crippen molar-refractivity contribution in [2.24, 2.45) is 7.05 Å². The number of nitrogens with one attached hydrogen (secondary N) is 1. The summed E-state index contributed by atoms with van der Waals surface area (Å²) in [5.41, 5.74) is 2.08. The average Bonchev–Trinajstić information content (AvgIpc) is 3.43. The monoisotopic (exact) mass is 429 g/mol. The highest BCUT2D eigenvalue weighted by Crippen LogP contribution is 2.28. The minimum atomic E-state index is -0.165. The molecule has 1 saturated heterocycles. The van der Waals surface area contributed by atoms with Crippen molar-refractivity contribution in [3.8, 4) is 11.5 Å². The second-order valence-corrected chi connectivity index (χ2v) is 8.25. The minimum Gasteiger partial charge on any atom is -0.382 e. The van der Waals surface area contributed by atoms with E-state index in [1.54, 1.807) is 19.6 Å². The summed E-state index contributed by atoms with van der Waals surface area (Å²) in [6, 6.07) is 1.92. The molecule has 9 nitrogen and oxygen atoms in total. The van der Waals surface area contributed by atoms with E-state index >= 15 is 0 Å². The van der Waals surface area contributed by atoms with Gasteiger partial charge in [0.2, 0.25) is 0 Å². The largest absolute Gasteiger partial charge is 0.382 e. The first-order valence-electron chi connectivity index (χ1n) is 11.0. The number of methoxy groups -OCH3 is 1. The number of amides is 1. The normalized spacial score (nSPS) is 22.0. The SMILES string of the molecule is COCCO[C@H]1CC[C@H](NC(=O)c2cc(C3CCOCC3)nc(-c3cncn3C)n2)C1. The van der Waals surface area contributed by atoms with Gasteiger partial charge >= 0.3 is 0 Å². The van der Waals surface area contributed by atoms with Crippen molar-refractivity contribution >= 4 is 5.91 Å². The van der Waals surface area contributed by atoms with E-state index in [9.17, 15) is 4.79 Å². The molecule has 1 N–H and O–H groups in total. The molecule has 1 aliphatic carbocycles. The molecule has 2 atom stereocenters. The molecule has 2 aromatic rings. The van der Waals surface area contributed by atoms with E-state index in [2.05, 4.69) is 15.3 Å². The van der Waals surface area contributed by atoms with Crippen LogP contribution in [0, 0.1) is 0 Å². The second-order valence-electron chi connectivity index (χ2n) is 8.25. The molecule has 9 heteroatoms. The van der Waals surface area contributed by atoms with Gasteiger partial charge in [0.1, 0.15) is 11.4 Å². The van der Waals surface area contributed by atoms with E-state index in [1.165, 1.54) is 0 Å². The lowest BCUT2D eigenvalue weighted by Crippen LogP contribution is -2.34. The molecule has 31 heavy (non-hydrogen) atoms. The van der Waals surface area contributed by atoms with E-state index < -0.39 is 0 Å². The number of hydrogen-bond donors (Lipinski definition) is 1. The third-order valence-electron chi connectivity index (χ3n) is 6.02. The van der Waals surface area contributed by atoms with E-state index in [1.807, 2.05) is 17.7 Å². The van der Waals surface area contributed by atoms with Crippen molar-refractivity contribution in [3.05, 3.63) is 30.0 Å². The van der Waals surface area contributed by atoms with E-state index in [0.717, 1.165) is 43.5 Å². The van der Waals surface area contributed by atoms with Gasteiger partial charge in [-0.1, -0.05) is 0 Å². The van der Waals surface area contributed by atoms with Gasteiger partial charge < -0.3 is 24.1 Å². The zero-order chi connectivity index (χ0) is 21.6. The first kappa shape index (κ1) is 21.9. The van der Waals surface area contributed by atoms with Crippen LogP contribution in [0.1, 0.15) is 54.2 Å². The number of carbonyl (C=O) groups is 1. The predicted molar refractivity (Wildman–Crippen MR) is 114 cm³/mol. The second kappa shape index (κ2) is 10.3. The van der Waals surface area contributed by atoms with Crippen molar-refractivity contribution in [2.75, 3.05) is 33.5 Å². The quantitative estimate of drug-likeness (QED) is 0.641. The lowest BCUT2D eigenvalue weighted by Gasteiger charge is -2.22. The maximum absolute atomic E-state index is 13.1. The molecule has 2 fully saturated rings. The highest BCUT2D eigenvalue weighted by atomic mass is 16.5.